The molecule has 1 N–H and O–H groups in total. The molecule has 8 heteroatoms. The second-order valence-corrected chi connectivity index (χ2v) is 9.14. The average molecular weight is 453 g/mol. The summed E-state index contributed by atoms with van der Waals surface area (Å²) in [4.78, 5) is 24.6. The number of carbonyl (C=O) groups excluding carboxylic acids is 2. The molecule has 3 aromatic rings. The van der Waals surface area contributed by atoms with Crippen LogP contribution in [0.4, 0.5) is 11.4 Å². The van der Waals surface area contributed by atoms with Gasteiger partial charge < -0.3 is 10.1 Å². The van der Waals surface area contributed by atoms with E-state index >= 15 is 0 Å². The van der Waals surface area contributed by atoms with E-state index < -0.39 is 28.4 Å². The highest BCUT2D eigenvalue weighted by molar-refractivity contribution is 7.92. The van der Waals surface area contributed by atoms with Gasteiger partial charge >= 0.3 is 5.97 Å². The van der Waals surface area contributed by atoms with Crippen molar-refractivity contribution in [2.45, 2.75) is 18.7 Å². The van der Waals surface area contributed by atoms with Crippen LogP contribution in [-0.2, 0) is 19.6 Å². The molecule has 32 heavy (non-hydrogen) atoms. The van der Waals surface area contributed by atoms with Crippen LogP contribution < -0.4 is 9.62 Å². The second kappa shape index (κ2) is 9.65. The SMILES string of the molecule is COC(=O)c1cccc(NC(=O)CN(c2ccc(C)cc2)S(=O)(=O)c2ccc(C)cc2)c1. The summed E-state index contributed by atoms with van der Waals surface area (Å²) < 4.78 is 32.5. The van der Waals surface area contributed by atoms with Crippen LogP contribution in [-0.4, -0.2) is 33.9 Å². The topological polar surface area (TPSA) is 92.8 Å². The number of ether oxygens (including phenoxy) is 1. The number of nitrogens with one attached hydrogen (secondary N) is 1. The number of aryl methyl sites for hydroxylation is 2. The Kier molecular flexibility index (Phi) is 6.95. The van der Waals surface area contributed by atoms with E-state index in [9.17, 15) is 18.0 Å². The number of sulfonamides is 1. The molecule has 0 aliphatic rings. The van der Waals surface area contributed by atoms with Gasteiger partial charge in [0.25, 0.3) is 10.0 Å². The third-order valence-corrected chi connectivity index (χ3v) is 6.57. The first-order chi connectivity index (χ1) is 15.2. The largest absolute Gasteiger partial charge is 0.465 e. The summed E-state index contributed by atoms with van der Waals surface area (Å²) in [5, 5.41) is 2.65. The summed E-state index contributed by atoms with van der Waals surface area (Å²) in [6.07, 6.45) is 0. The Morgan fingerprint density at radius 2 is 1.50 bits per heavy atom. The van der Waals surface area contributed by atoms with Crippen LogP contribution in [0.5, 0.6) is 0 Å². The number of rotatable bonds is 7. The summed E-state index contributed by atoms with van der Waals surface area (Å²) in [5.74, 6) is -1.09. The minimum atomic E-state index is -4.00. The number of nitrogens with zero attached hydrogens (tertiary/aromatic N) is 1. The van der Waals surface area contributed by atoms with Crippen molar-refractivity contribution < 1.29 is 22.7 Å². The molecule has 3 rings (SSSR count). The lowest BCUT2D eigenvalue weighted by Gasteiger charge is -2.24. The number of benzene rings is 3. The van der Waals surface area contributed by atoms with Crippen molar-refractivity contribution in [3.63, 3.8) is 0 Å². The molecule has 0 heterocycles. The van der Waals surface area contributed by atoms with Gasteiger partial charge in [-0.25, -0.2) is 13.2 Å². The van der Waals surface area contributed by atoms with E-state index in [2.05, 4.69) is 5.32 Å². The number of anilines is 2. The van der Waals surface area contributed by atoms with Gasteiger partial charge in [-0.2, -0.15) is 0 Å². The van der Waals surface area contributed by atoms with Crippen LogP contribution in [0.25, 0.3) is 0 Å². The van der Waals surface area contributed by atoms with Gasteiger partial charge in [0.05, 0.1) is 23.3 Å². The van der Waals surface area contributed by atoms with Crippen molar-refractivity contribution in [1.82, 2.24) is 0 Å². The van der Waals surface area contributed by atoms with Crippen LogP contribution in [0.1, 0.15) is 21.5 Å². The highest BCUT2D eigenvalue weighted by Gasteiger charge is 2.27. The zero-order valence-electron chi connectivity index (χ0n) is 18.0. The fraction of sp³-hybridized carbons (Fsp3) is 0.167. The molecule has 0 aliphatic carbocycles. The van der Waals surface area contributed by atoms with Crippen LogP contribution in [0.2, 0.25) is 0 Å². The maximum absolute atomic E-state index is 13.4. The van der Waals surface area contributed by atoms with Gasteiger partial charge in [-0.15, -0.1) is 0 Å². The number of methoxy groups -OCH3 is 1. The van der Waals surface area contributed by atoms with Crippen LogP contribution >= 0.6 is 0 Å². The first-order valence-electron chi connectivity index (χ1n) is 9.85. The predicted octanol–water partition coefficient (Wildman–Crippen LogP) is 3.92. The van der Waals surface area contributed by atoms with E-state index in [1.54, 1.807) is 54.6 Å². The standard InChI is InChI=1S/C24H24N2O5S/c1-17-7-11-21(12-8-17)26(32(29,30)22-13-9-18(2)10-14-22)16-23(27)25-20-6-4-5-19(15-20)24(28)31-3/h4-15H,16H2,1-3H3,(H,25,27). The van der Waals surface area contributed by atoms with Gasteiger partial charge in [-0.05, 0) is 56.3 Å². The molecule has 0 saturated heterocycles. The maximum atomic E-state index is 13.4. The third-order valence-electron chi connectivity index (χ3n) is 4.79. The number of hydrogen-bond donors (Lipinski definition) is 1. The van der Waals surface area contributed by atoms with Crippen molar-refractivity contribution in [1.29, 1.82) is 0 Å². The molecule has 1 amide bonds. The molecule has 0 bridgehead atoms. The van der Waals surface area contributed by atoms with Crippen LogP contribution in [0, 0.1) is 13.8 Å². The normalized spacial score (nSPS) is 11.0. The van der Waals surface area contributed by atoms with Crippen LogP contribution in [0.15, 0.2) is 77.7 Å². The van der Waals surface area contributed by atoms with E-state index in [1.807, 2.05) is 13.8 Å². The van der Waals surface area contributed by atoms with Gasteiger partial charge in [0.1, 0.15) is 6.54 Å². The van der Waals surface area contributed by atoms with Gasteiger partial charge in [0, 0.05) is 5.69 Å². The van der Waals surface area contributed by atoms with Crippen molar-refractivity contribution in [2.24, 2.45) is 0 Å². The molecule has 7 nitrogen and oxygen atoms in total. The lowest BCUT2D eigenvalue weighted by atomic mass is 10.2. The molecule has 0 spiro atoms. The Hall–Kier alpha value is -3.65. The Bertz CT molecular complexity index is 1220. The predicted molar refractivity (Wildman–Crippen MR) is 123 cm³/mol. The van der Waals surface area contributed by atoms with E-state index in [-0.39, 0.29) is 10.5 Å². The molecule has 0 aromatic heterocycles. The highest BCUT2D eigenvalue weighted by Crippen LogP contribution is 2.24. The zero-order valence-corrected chi connectivity index (χ0v) is 18.8. The van der Waals surface area contributed by atoms with Gasteiger partial charge in [-0.1, -0.05) is 41.5 Å². The summed E-state index contributed by atoms with van der Waals surface area (Å²) in [7, 11) is -2.73. The second-order valence-electron chi connectivity index (χ2n) is 7.28. The van der Waals surface area contributed by atoms with Crippen molar-refractivity contribution in [2.75, 3.05) is 23.3 Å². The molecule has 0 aliphatic heterocycles. The molecule has 0 atom stereocenters. The van der Waals surface area contributed by atoms with Gasteiger partial charge in [-0.3, -0.25) is 9.10 Å². The number of esters is 1. The maximum Gasteiger partial charge on any atom is 0.337 e. The summed E-state index contributed by atoms with van der Waals surface area (Å²) in [5.41, 5.74) is 2.89. The molecule has 0 saturated carbocycles. The summed E-state index contributed by atoms with van der Waals surface area (Å²) >= 11 is 0. The Balaban J connectivity index is 1.91. The monoisotopic (exact) mass is 452 g/mol. The zero-order chi connectivity index (χ0) is 23.3. The molecule has 0 radical (unpaired) electrons. The van der Waals surface area contributed by atoms with Crippen molar-refractivity contribution in [3.05, 3.63) is 89.5 Å². The van der Waals surface area contributed by atoms with Crippen LogP contribution in [0.3, 0.4) is 0 Å². The molecular weight excluding hydrogens is 428 g/mol. The number of carbonyl (C=O) groups is 2. The Labute approximate surface area is 187 Å². The lowest BCUT2D eigenvalue weighted by molar-refractivity contribution is -0.114. The molecule has 3 aromatic carbocycles. The average Bonchev–Trinajstić information content (AvgIpc) is 2.78. The summed E-state index contributed by atoms with van der Waals surface area (Å²) in [6.45, 7) is 3.31. The van der Waals surface area contributed by atoms with E-state index in [4.69, 9.17) is 4.74 Å². The minimum absolute atomic E-state index is 0.0872. The van der Waals surface area contributed by atoms with E-state index in [0.29, 0.717) is 11.4 Å². The first-order valence-corrected chi connectivity index (χ1v) is 11.3. The first kappa shape index (κ1) is 23.0. The van der Waals surface area contributed by atoms with Gasteiger partial charge in [0.15, 0.2) is 0 Å². The van der Waals surface area contributed by atoms with E-state index in [0.717, 1.165) is 15.4 Å². The highest BCUT2D eigenvalue weighted by atomic mass is 32.2. The molecule has 0 unspecified atom stereocenters. The lowest BCUT2D eigenvalue weighted by Crippen LogP contribution is -2.38. The molecular formula is C24H24N2O5S. The minimum Gasteiger partial charge on any atom is -0.465 e. The fourth-order valence-electron chi connectivity index (χ4n) is 3.04. The number of hydrogen-bond acceptors (Lipinski definition) is 5. The number of amides is 1. The molecule has 166 valence electrons. The Morgan fingerprint density at radius 1 is 0.906 bits per heavy atom. The smallest absolute Gasteiger partial charge is 0.337 e. The third kappa shape index (κ3) is 5.33. The fourth-order valence-corrected chi connectivity index (χ4v) is 4.46. The quantitative estimate of drug-likeness (QED) is 0.549. The van der Waals surface area contributed by atoms with Crippen molar-refractivity contribution >= 4 is 33.3 Å². The Morgan fingerprint density at radius 3 is 2.09 bits per heavy atom. The van der Waals surface area contributed by atoms with Crippen molar-refractivity contribution in [3.8, 4) is 0 Å². The van der Waals surface area contributed by atoms with Gasteiger partial charge in [0.2, 0.25) is 5.91 Å². The molecule has 0 fully saturated rings. The van der Waals surface area contributed by atoms with E-state index in [1.165, 1.54) is 25.3 Å². The summed E-state index contributed by atoms with van der Waals surface area (Å²) in [6, 6.07) is 19.6.